The van der Waals surface area contributed by atoms with Gasteiger partial charge < -0.3 is 21.1 Å². The molecule has 0 saturated carbocycles. The van der Waals surface area contributed by atoms with E-state index in [4.69, 9.17) is 10.5 Å². The third-order valence-electron chi connectivity index (χ3n) is 3.67. The van der Waals surface area contributed by atoms with Gasteiger partial charge in [-0.2, -0.15) is 5.10 Å². The van der Waals surface area contributed by atoms with E-state index in [-0.39, 0.29) is 30.8 Å². The lowest BCUT2D eigenvalue weighted by atomic mass is 9.92. The summed E-state index contributed by atoms with van der Waals surface area (Å²) in [6, 6.07) is 9.11. The lowest BCUT2D eigenvalue weighted by Crippen LogP contribution is -2.45. The second-order valence-electron chi connectivity index (χ2n) is 5.79. The summed E-state index contributed by atoms with van der Waals surface area (Å²) in [4.78, 5) is 24.2. The molecular weight excluding hydrogens is 358 g/mol. The molecule has 2 aromatic rings. The summed E-state index contributed by atoms with van der Waals surface area (Å²) in [6.45, 7) is 2.58. The quantitative estimate of drug-likeness (QED) is 0.588. The van der Waals surface area contributed by atoms with Gasteiger partial charge in [0.15, 0.2) is 0 Å². The molecule has 2 amide bonds. The van der Waals surface area contributed by atoms with Crippen LogP contribution in [0.5, 0.6) is 0 Å². The van der Waals surface area contributed by atoms with Gasteiger partial charge in [-0.05, 0) is 12.5 Å². The molecule has 1 aromatic carbocycles. The predicted octanol–water partition coefficient (Wildman–Crippen LogP) is 0.880. The zero-order valence-electron chi connectivity index (χ0n) is 14.8. The number of nitrogens with one attached hydrogen (secondary N) is 2. The number of methoxy groups -OCH3 is 1. The molecule has 142 valence electrons. The van der Waals surface area contributed by atoms with Crippen LogP contribution < -0.4 is 16.4 Å². The SMILES string of the molecule is COCCNC(=O)Cn1cc(NC(=O)C(C)(N)c2ccccc2)cn1.Cl. The molecule has 1 atom stereocenters. The van der Waals surface area contributed by atoms with Crippen molar-refractivity contribution < 1.29 is 14.3 Å². The van der Waals surface area contributed by atoms with Crippen LogP contribution >= 0.6 is 12.4 Å². The average molecular weight is 382 g/mol. The van der Waals surface area contributed by atoms with Crippen LogP contribution in [0.25, 0.3) is 0 Å². The fraction of sp³-hybridized carbons (Fsp3) is 0.353. The van der Waals surface area contributed by atoms with E-state index < -0.39 is 5.54 Å². The topological polar surface area (TPSA) is 111 Å². The lowest BCUT2D eigenvalue weighted by molar-refractivity contribution is -0.122. The number of hydrogen-bond donors (Lipinski definition) is 3. The first-order valence-corrected chi connectivity index (χ1v) is 7.87. The Kier molecular flexibility index (Phi) is 8.24. The van der Waals surface area contributed by atoms with Gasteiger partial charge in [-0.1, -0.05) is 30.3 Å². The van der Waals surface area contributed by atoms with Crippen molar-refractivity contribution in [2.75, 3.05) is 25.6 Å². The van der Waals surface area contributed by atoms with Gasteiger partial charge in [0.25, 0.3) is 0 Å². The average Bonchev–Trinajstić information content (AvgIpc) is 3.02. The van der Waals surface area contributed by atoms with E-state index in [0.29, 0.717) is 24.4 Å². The molecule has 1 aromatic heterocycles. The maximum atomic E-state index is 12.5. The Bertz CT molecular complexity index is 718. The molecular formula is C17H24ClN5O3. The highest BCUT2D eigenvalue weighted by Gasteiger charge is 2.30. The highest BCUT2D eigenvalue weighted by atomic mass is 35.5. The summed E-state index contributed by atoms with van der Waals surface area (Å²) in [6.07, 6.45) is 3.05. The molecule has 0 aliphatic carbocycles. The number of nitrogens with two attached hydrogens (primary N) is 1. The van der Waals surface area contributed by atoms with E-state index >= 15 is 0 Å². The Hall–Kier alpha value is -2.42. The van der Waals surface area contributed by atoms with Gasteiger partial charge in [0, 0.05) is 19.9 Å². The van der Waals surface area contributed by atoms with Crippen molar-refractivity contribution >= 4 is 29.9 Å². The monoisotopic (exact) mass is 381 g/mol. The first-order valence-electron chi connectivity index (χ1n) is 7.87. The first kappa shape index (κ1) is 21.6. The number of rotatable bonds is 8. The molecule has 1 unspecified atom stereocenters. The molecule has 8 nitrogen and oxygen atoms in total. The first-order chi connectivity index (χ1) is 11.9. The van der Waals surface area contributed by atoms with Gasteiger partial charge in [-0.3, -0.25) is 14.3 Å². The zero-order valence-corrected chi connectivity index (χ0v) is 15.6. The van der Waals surface area contributed by atoms with Crippen molar-refractivity contribution in [2.45, 2.75) is 19.0 Å². The Morgan fingerprint density at radius 1 is 1.31 bits per heavy atom. The smallest absolute Gasteiger partial charge is 0.248 e. The van der Waals surface area contributed by atoms with Crippen molar-refractivity contribution in [1.82, 2.24) is 15.1 Å². The normalized spacial score (nSPS) is 12.6. The minimum atomic E-state index is -1.18. The van der Waals surface area contributed by atoms with Crippen molar-refractivity contribution in [2.24, 2.45) is 5.73 Å². The molecule has 0 radical (unpaired) electrons. The standard InChI is InChI=1S/C17H23N5O3.ClH/c1-17(18,13-6-4-3-5-7-13)16(24)21-14-10-20-22(11-14)12-15(23)19-8-9-25-2;/h3-7,10-11H,8-9,12,18H2,1-2H3,(H,19,23)(H,21,24);1H. The molecule has 0 aliphatic rings. The van der Waals surface area contributed by atoms with Crippen molar-refractivity contribution in [3.05, 3.63) is 48.3 Å². The van der Waals surface area contributed by atoms with E-state index in [2.05, 4.69) is 15.7 Å². The van der Waals surface area contributed by atoms with Gasteiger partial charge in [0.05, 0.1) is 18.5 Å². The Balaban J connectivity index is 0.00000338. The van der Waals surface area contributed by atoms with E-state index in [1.807, 2.05) is 18.2 Å². The fourth-order valence-electron chi connectivity index (χ4n) is 2.19. The van der Waals surface area contributed by atoms with Crippen LogP contribution in [0.4, 0.5) is 5.69 Å². The van der Waals surface area contributed by atoms with Crippen LogP contribution in [0.2, 0.25) is 0 Å². The van der Waals surface area contributed by atoms with Gasteiger partial charge >= 0.3 is 0 Å². The number of aromatic nitrogens is 2. The number of hydrogen-bond acceptors (Lipinski definition) is 5. The number of carbonyl (C=O) groups excluding carboxylic acids is 2. The van der Waals surface area contributed by atoms with Crippen LogP contribution in [0.15, 0.2) is 42.7 Å². The fourth-order valence-corrected chi connectivity index (χ4v) is 2.19. The maximum absolute atomic E-state index is 12.5. The number of halogens is 1. The largest absolute Gasteiger partial charge is 0.383 e. The lowest BCUT2D eigenvalue weighted by Gasteiger charge is -2.23. The van der Waals surface area contributed by atoms with Crippen molar-refractivity contribution in [3.63, 3.8) is 0 Å². The number of ether oxygens (including phenoxy) is 1. The molecule has 0 spiro atoms. The van der Waals surface area contributed by atoms with Crippen molar-refractivity contribution in [1.29, 1.82) is 0 Å². The number of nitrogens with zero attached hydrogens (tertiary/aromatic N) is 2. The van der Waals surface area contributed by atoms with Crippen LogP contribution in [0.3, 0.4) is 0 Å². The summed E-state index contributed by atoms with van der Waals surface area (Å²) in [5.41, 5.74) is 6.17. The zero-order chi connectivity index (χ0) is 18.3. The van der Waals surface area contributed by atoms with E-state index in [9.17, 15) is 9.59 Å². The minimum absolute atomic E-state index is 0. The van der Waals surface area contributed by atoms with Crippen LogP contribution in [0.1, 0.15) is 12.5 Å². The van der Waals surface area contributed by atoms with Crippen LogP contribution in [0, 0.1) is 0 Å². The Morgan fingerprint density at radius 2 is 2.00 bits per heavy atom. The highest BCUT2D eigenvalue weighted by Crippen LogP contribution is 2.19. The summed E-state index contributed by atoms with van der Waals surface area (Å²) in [5.74, 6) is -0.547. The Morgan fingerprint density at radius 3 is 2.65 bits per heavy atom. The molecule has 0 bridgehead atoms. The predicted molar refractivity (Wildman–Crippen MR) is 101 cm³/mol. The van der Waals surface area contributed by atoms with E-state index in [1.165, 1.54) is 10.9 Å². The molecule has 0 fully saturated rings. The maximum Gasteiger partial charge on any atom is 0.248 e. The minimum Gasteiger partial charge on any atom is -0.383 e. The molecule has 4 N–H and O–H groups in total. The third kappa shape index (κ3) is 5.83. The van der Waals surface area contributed by atoms with E-state index in [1.54, 1.807) is 32.4 Å². The summed E-state index contributed by atoms with van der Waals surface area (Å²) in [7, 11) is 1.56. The van der Waals surface area contributed by atoms with Crippen LogP contribution in [-0.4, -0.2) is 41.9 Å². The third-order valence-corrected chi connectivity index (χ3v) is 3.67. The molecule has 2 rings (SSSR count). The Labute approximate surface area is 158 Å². The van der Waals surface area contributed by atoms with E-state index in [0.717, 1.165) is 0 Å². The highest BCUT2D eigenvalue weighted by molar-refractivity contribution is 5.98. The van der Waals surface area contributed by atoms with Gasteiger partial charge in [-0.15, -0.1) is 12.4 Å². The van der Waals surface area contributed by atoms with Crippen molar-refractivity contribution in [3.8, 4) is 0 Å². The summed E-state index contributed by atoms with van der Waals surface area (Å²) >= 11 is 0. The number of anilines is 1. The van der Waals surface area contributed by atoms with Gasteiger partial charge in [0.2, 0.25) is 11.8 Å². The molecule has 9 heteroatoms. The molecule has 0 aliphatic heterocycles. The number of amides is 2. The van der Waals surface area contributed by atoms with Crippen LogP contribution in [-0.2, 0) is 26.4 Å². The summed E-state index contributed by atoms with van der Waals surface area (Å²) < 4.78 is 6.30. The molecule has 0 saturated heterocycles. The second-order valence-corrected chi connectivity index (χ2v) is 5.79. The summed E-state index contributed by atoms with van der Waals surface area (Å²) in [5, 5.41) is 9.48. The number of benzene rings is 1. The molecule has 1 heterocycles. The second kappa shape index (κ2) is 9.91. The van der Waals surface area contributed by atoms with Gasteiger partial charge in [0.1, 0.15) is 12.1 Å². The molecule has 26 heavy (non-hydrogen) atoms. The van der Waals surface area contributed by atoms with Gasteiger partial charge in [-0.25, -0.2) is 0 Å². The number of carbonyl (C=O) groups is 2.